The number of carbonyl (C=O) groups is 1. The molecular formula is C12H12N2O4. The molecule has 1 amide bonds. The minimum absolute atomic E-state index is 0.0459. The van der Waals surface area contributed by atoms with Crippen molar-refractivity contribution in [3.63, 3.8) is 0 Å². The third-order valence-electron chi connectivity index (χ3n) is 2.19. The number of ether oxygens (including phenoxy) is 1. The van der Waals surface area contributed by atoms with Crippen LogP contribution in [0.25, 0.3) is 0 Å². The van der Waals surface area contributed by atoms with Crippen molar-refractivity contribution in [1.82, 2.24) is 5.32 Å². The van der Waals surface area contributed by atoms with Crippen molar-refractivity contribution in [3.05, 3.63) is 33.9 Å². The minimum Gasteiger partial charge on any atom is -0.490 e. The minimum atomic E-state index is -0.571. The normalized spacial score (nSPS) is 9.33. The Kier molecular flexibility index (Phi) is 4.69. The molecule has 0 saturated heterocycles. The number of methoxy groups -OCH3 is 1. The Morgan fingerprint density at radius 1 is 1.61 bits per heavy atom. The van der Waals surface area contributed by atoms with Crippen LogP contribution in [0.3, 0.4) is 0 Å². The first kappa shape index (κ1) is 13.5. The zero-order valence-electron chi connectivity index (χ0n) is 9.80. The smallest absolute Gasteiger partial charge is 0.310 e. The summed E-state index contributed by atoms with van der Waals surface area (Å²) in [5, 5.41) is 13.3. The van der Waals surface area contributed by atoms with Crippen molar-refractivity contribution < 1.29 is 14.5 Å². The number of benzene rings is 1. The van der Waals surface area contributed by atoms with Gasteiger partial charge < -0.3 is 10.1 Å². The van der Waals surface area contributed by atoms with Crippen molar-refractivity contribution >= 4 is 11.6 Å². The van der Waals surface area contributed by atoms with Gasteiger partial charge in [0.15, 0.2) is 5.75 Å². The fourth-order valence-electron chi connectivity index (χ4n) is 1.32. The van der Waals surface area contributed by atoms with E-state index < -0.39 is 4.92 Å². The van der Waals surface area contributed by atoms with E-state index in [2.05, 4.69) is 11.2 Å². The Hall–Kier alpha value is -2.55. The summed E-state index contributed by atoms with van der Waals surface area (Å²) >= 11 is 0. The molecule has 0 aliphatic rings. The van der Waals surface area contributed by atoms with Crippen LogP contribution >= 0.6 is 0 Å². The third-order valence-corrected chi connectivity index (χ3v) is 2.19. The van der Waals surface area contributed by atoms with Gasteiger partial charge in [-0.15, -0.1) is 12.3 Å². The van der Waals surface area contributed by atoms with E-state index in [1.165, 1.54) is 25.3 Å². The predicted molar refractivity (Wildman–Crippen MR) is 65.4 cm³/mol. The first-order valence-corrected chi connectivity index (χ1v) is 5.14. The molecule has 0 radical (unpaired) electrons. The van der Waals surface area contributed by atoms with Crippen molar-refractivity contribution in [3.8, 4) is 18.1 Å². The summed E-state index contributed by atoms with van der Waals surface area (Å²) in [5.41, 5.74) is 0.104. The number of hydrogen-bond acceptors (Lipinski definition) is 4. The summed E-state index contributed by atoms with van der Waals surface area (Å²) in [6.07, 6.45) is 5.48. The molecule has 0 bridgehead atoms. The van der Waals surface area contributed by atoms with E-state index in [9.17, 15) is 14.9 Å². The van der Waals surface area contributed by atoms with Gasteiger partial charge in [-0.25, -0.2) is 0 Å². The van der Waals surface area contributed by atoms with Gasteiger partial charge in [0, 0.05) is 30.7 Å². The molecule has 6 nitrogen and oxygen atoms in total. The van der Waals surface area contributed by atoms with Crippen LogP contribution in [0.15, 0.2) is 18.2 Å². The van der Waals surface area contributed by atoms with Crippen LogP contribution in [0, 0.1) is 22.5 Å². The quantitative estimate of drug-likeness (QED) is 0.369. The molecule has 0 heterocycles. The highest BCUT2D eigenvalue weighted by atomic mass is 16.6. The van der Waals surface area contributed by atoms with Gasteiger partial charge in [-0.3, -0.25) is 14.9 Å². The Balaban J connectivity index is 2.89. The van der Waals surface area contributed by atoms with Crippen molar-refractivity contribution in [2.75, 3.05) is 13.7 Å². The average Bonchev–Trinajstić information content (AvgIpc) is 2.37. The van der Waals surface area contributed by atoms with Gasteiger partial charge in [0.25, 0.3) is 5.91 Å². The zero-order valence-corrected chi connectivity index (χ0v) is 9.80. The van der Waals surface area contributed by atoms with E-state index in [4.69, 9.17) is 11.2 Å². The van der Waals surface area contributed by atoms with Crippen molar-refractivity contribution in [2.45, 2.75) is 6.42 Å². The molecule has 94 valence electrons. The van der Waals surface area contributed by atoms with E-state index in [-0.39, 0.29) is 22.9 Å². The maximum absolute atomic E-state index is 11.7. The standard InChI is InChI=1S/C12H12N2O4/c1-3-4-7-13-12(15)9-5-6-10(14(16)17)11(8-9)18-2/h1,5-6,8H,4,7H2,2H3,(H,13,15). The lowest BCUT2D eigenvalue weighted by molar-refractivity contribution is -0.385. The van der Waals surface area contributed by atoms with Crippen LogP contribution in [0.2, 0.25) is 0 Å². The number of nitro groups is 1. The number of carbonyl (C=O) groups excluding carboxylic acids is 1. The Labute approximate surface area is 104 Å². The highest BCUT2D eigenvalue weighted by Crippen LogP contribution is 2.27. The zero-order chi connectivity index (χ0) is 13.5. The molecule has 1 aromatic rings. The summed E-state index contributed by atoms with van der Waals surface area (Å²) in [7, 11) is 1.31. The molecule has 0 aliphatic carbocycles. The third kappa shape index (κ3) is 3.22. The van der Waals surface area contributed by atoms with E-state index in [1.54, 1.807) is 0 Å². The summed E-state index contributed by atoms with van der Waals surface area (Å²) in [5.74, 6) is 2.09. The molecule has 1 aromatic carbocycles. The van der Waals surface area contributed by atoms with Crippen LogP contribution in [-0.2, 0) is 0 Å². The lowest BCUT2D eigenvalue weighted by Crippen LogP contribution is -2.24. The molecule has 0 fully saturated rings. The molecule has 0 saturated carbocycles. The molecule has 0 aliphatic heterocycles. The van der Waals surface area contributed by atoms with Gasteiger partial charge in [0.2, 0.25) is 0 Å². The monoisotopic (exact) mass is 248 g/mol. The number of amides is 1. The van der Waals surface area contributed by atoms with Crippen LogP contribution in [-0.4, -0.2) is 24.5 Å². The average molecular weight is 248 g/mol. The Morgan fingerprint density at radius 2 is 2.33 bits per heavy atom. The molecule has 6 heteroatoms. The van der Waals surface area contributed by atoms with E-state index in [1.807, 2.05) is 0 Å². The number of nitro benzene ring substituents is 1. The van der Waals surface area contributed by atoms with Crippen LogP contribution in [0.5, 0.6) is 5.75 Å². The lowest BCUT2D eigenvalue weighted by Gasteiger charge is -2.06. The summed E-state index contributed by atoms with van der Waals surface area (Å²) in [6.45, 7) is 0.356. The Bertz CT molecular complexity index is 505. The second-order valence-electron chi connectivity index (χ2n) is 3.35. The summed E-state index contributed by atoms with van der Waals surface area (Å²) < 4.78 is 4.87. The van der Waals surface area contributed by atoms with Crippen molar-refractivity contribution in [1.29, 1.82) is 0 Å². The summed E-state index contributed by atoms with van der Waals surface area (Å²) in [6, 6.07) is 3.92. The van der Waals surface area contributed by atoms with Gasteiger partial charge >= 0.3 is 5.69 Å². The fourth-order valence-corrected chi connectivity index (χ4v) is 1.32. The van der Waals surface area contributed by atoms with E-state index in [0.29, 0.717) is 13.0 Å². The van der Waals surface area contributed by atoms with Crippen LogP contribution in [0.4, 0.5) is 5.69 Å². The molecular weight excluding hydrogens is 236 g/mol. The second kappa shape index (κ2) is 6.25. The first-order chi connectivity index (χ1) is 8.60. The van der Waals surface area contributed by atoms with Gasteiger partial charge in [-0.05, 0) is 6.07 Å². The topological polar surface area (TPSA) is 81.5 Å². The Morgan fingerprint density at radius 3 is 2.89 bits per heavy atom. The molecule has 18 heavy (non-hydrogen) atoms. The number of rotatable bonds is 5. The van der Waals surface area contributed by atoms with Gasteiger partial charge in [0.05, 0.1) is 12.0 Å². The number of nitrogens with zero attached hydrogens (tertiary/aromatic N) is 1. The van der Waals surface area contributed by atoms with Gasteiger partial charge in [0.1, 0.15) is 0 Å². The van der Waals surface area contributed by atoms with Crippen LogP contribution in [0.1, 0.15) is 16.8 Å². The lowest BCUT2D eigenvalue weighted by atomic mass is 10.1. The molecule has 1 N–H and O–H groups in total. The van der Waals surface area contributed by atoms with Crippen LogP contribution < -0.4 is 10.1 Å². The highest BCUT2D eigenvalue weighted by molar-refractivity contribution is 5.95. The van der Waals surface area contributed by atoms with Gasteiger partial charge in [-0.1, -0.05) is 0 Å². The molecule has 0 unspecified atom stereocenters. The van der Waals surface area contributed by atoms with Crippen molar-refractivity contribution in [2.24, 2.45) is 0 Å². The number of hydrogen-bond donors (Lipinski definition) is 1. The first-order valence-electron chi connectivity index (χ1n) is 5.14. The van der Waals surface area contributed by atoms with E-state index >= 15 is 0 Å². The van der Waals surface area contributed by atoms with E-state index in [0.717, 1.165) is 0 Å². The largest absolute Gasteiger partial charge is 0.490 e. The summed E-state index contributed by atoms with van der Waals surface area (Å²) in [4.78, 5) is 21.8. The van der Waals surface area contributed by atoms with Gasteiger partial charge in [-0.2, -0.15) is 0 Å². The number of terminal acetylenes is 1. The maximum Gasteiger partial charge on any atom is 0.310 e. The number of nitrogens with one attached hydrogen (secondary N) is 1. The maximum atomic E-state index is 11.7. The molecule has 1 rings (SSSR count). The highest BCUT2D eigenvalue weighted by Gasteiger charge is 2.17. The molecule has 0 atom stereocenters. The molecule has 0 aromatic heterocycles. The predicted octanol–water partition coefficient (Wildman–Crippen LogP) is 1.36. The second-order valence-corrected chi connectivity index (χ2v) is 3.35. The fraction of sp³-hybridized carbons (Fsp3) is 0.250. The SMILES string of the molecule is C#CCCNC(=O)c1ccc([N+](=O)[O-])c(OC)c1. The molecule has 0 spiro atoms.